The third-order valence-corrected chi connectivity index (χ3v) is 4.89. The zero-order valence-electron chi connectivity index (χ0n) is 14.6. The number of aryl methyl sites for hydroxylation is 1. The number of hydrogen-bond acceptors (Lipinski definition) is 2. The molecule has 2 nitrogen and oxygen atoms in total. The maximum absolute atomic E-state index is 13.2. The highest BCUT2D eigenvalue weighted by Gasteiger charge is 2.43. The third kappa shape index (κ3) is 4.65. The zero-order chi connectivity index (χ0) is 17.9. The van der Waals surface area contributed by atoms with Gasteiger partial charge in [-0.3, -0.25) is 0 Å². The van der Waals surface area contributed by atoms with Gasteiger partial charge in [0.1, 0.15) is 11.6 Å². The van der Waals surface area contributed by atoms with E-state index >= 15 is 0 Å². The monoisotopic (exact) mass is 343 g/mol. The highest BCUT2D eigenvalue weighted by molar-refractivity contribution is 5.34. The van der Waals surface area contributed by atoms with Gasteiger partial charge in [0.15, 0.2) is 0 Å². The average molecular weight is 343 g/mol. The van der Waals surface area contributed by atoms with Crippen LogP contribution in [0.2, 0.25) is 0 Å². The van der Waals surface area contributed by atoms with Crippen LogP contribution in [-0.2, 0) is 18.4 Å². The Kier molecular flexibility index (Phi) is 5.50. The van der Waals surface area contributed by atoms with Gasteiger partial charge in [-0.1, -0.05) is 31.2 Å². The van der Waals surface area contributed by atoms with Crippen molar-refractivity contribution in [3.05, 3.63) is 77.2 Å². The summed E-state index contributed by atoms with van der Waals surface area (Å²) in [7, 11) is 0. The first kappa shape index (κ1) is 18.0. The van der Waals surface area contributed by atoms with E-state index in [1.807, 2.05) is 6.42 Å². The van der Waals surface area contributed by atoms with Gasteiger partial charge in [0.2, 0.25) is 0 Å². The van der Waals surface area contributed by atoms with Crippen LogP contribution in [0.15, 0.2) is 42.5 Å². The van der Waals surface area contributed by atoms with Gasteiger partial charge in [-0.15, -0.1) is 0 Å². The predicted molar refractivity (Wildman–Crippen MR) is 97.1 cm³/mol. The molecule has 1 unspecified atom stereocenters. The molecule has 0 heterocycles. The number of benzene rings is 2. The van der Waals surface area contributed by atoms with Crippen LogP contribution in [0.4, 0.5) is 8.78 Å². The lowest BCUT2D eigenvalue weighted by Crippen LogP contribution is -2.35. The Balaban J connectivity index is 1.52. The summed E-state index contributed by atoms with van der Waals surface area (Å²) in [5.74, 6) is -1.12. The summed E-state index contributed by atoms with van der Waals surface area (Å²) in [6.45, 7) is 2.84. The van der Waals surface area contributed by atoms with Crippen molar-refractivity contribution >= 4 is 0 Å². The number of hydrogen-bond donors (Lipinski definition) is 2. The first-order chi connectivity index (χ1) is 12.0. The normalized spacial score (nSPS) is 16.6. The van der Waals surface area contributed by atoms with Crippen molar-refractivity contribution in [2.24, 2.45) is 5.73 Å². The van der Waals surface area contributed by atoms with Gasteiger partial charge in [-0.05, 0) is 60.9 Å². The highest BCUT2D eigenvalue weighted by atomic mass is 19.1. The van der Waals surface area contributed by atoms with Crippen molar-refractivity contribution in [1.82, 2.24) is 5.32 Å². The average Bonchev–Trinajstić information content (AvgIpc) is 3.35. The van der Waals surface area contributed by atoms with Crippen molar-refractivity contribution in [3.8, 4) is 0 Å². The van der Waals surface area contributed by atoms with Crippen molar-refractivity contribution < 1.29 is 8.78 Å². The lowest BCUT2D eigenvalue weighted by Gasteiger charge is -2.20. The van der Waals surface area contributed by atoms with Gasteiger partial charge in [0.25, 0.3) is 0 Å². The molecule has 3 rings (SSSR count). The quantitative estimate of drug-likeness (QED) is 0.763. The summed E-state index contributed by atoms with van der Waals surface area (Å²) in [5, 5.41) is 3.59. The molecule has 3 N–H and O–H groups in total. The first-order valence-electron chi connectivity index (χ1n) is 8.89. The number of nitrogens with two attached hydrogens (primary N) is 1. The largest absolute Gasteiger partial charge is 0.327 e. The molecule has 0 saturated heterocycles. The van der Waals surface area contributed by atoms with Gasteiger partial charge in [0, 0.05) is 24.2 Å². The second-order valence-electron chi connectivity index (χ2n) is 6.90. The van der Waals surface area contributed by atoms with E-state index in [1.165, 1.54) is 23.3 Å². The molecular weight excluding hydrogens is 318 g/mol. The van der Waals surface area contributed by atoms with Crippen LogP contribution < -0.4 is 11.1 Å². The fourth-order valence-corrected chi connectivity index (χ4v) is 3.27. The van der Waals surface area contributed by atoms with Crippen molar-refractivity contribution in [2.75, 3.05) is 6.54 Å². The Morgan fingerprint density at radius 2 is 1.84 bits per heavy atom. The van der Waals surface area contributed by atoms with E-state index in [2.05, 4.69) is 36.5 Å². The minimum Gasteiger partial charge on any atom is -0.327 e. The van der Waals surface area contributed by atoms with E-state index in [9.17, 15) is 8.78 Å². The minimum absolute atomic E-state index is 0.0619. The molecule has 1 fully saturated rings. The van der Waals surface area contributed by atoms with Gasteiger partial charge in [-0.2, -0.15) is 0 Å². The number of halogens is 2. The lowest BCUT2D eigenvalue weighted by molar-refractivity contribution is 0.528. The van der Waals surface area contributed by atoms with Crippen LogP contribution >= 0.6 is 0 Å². The maximum Gasteiger partial charge on any atom is 0.126 e. The molecular formula is C21H25F2N2. The summed E-state index contributed by atoms with van der Waals surface area (Å²) in [4.78, 5) is 0. The molecule has 25 heavy (non-hydrogen) atoms. The number of rotatable bonds is 8. The summed E-state index contributed by atoms with van der Waals surface area (Å²) >= 11 is 0. The Morgan fingerprint density at radius 1 is 1.12 bits per heavy atom. The van der Waals surface area contributed by atoms with E-state index in [-0.39, 0.29) is 11.6 Å². The SMILES string of the molecule is CCc1cccc(C2(NC[CH]C(N)Cc3cc(F)cc(F)c3)CC2)c1. The molecule has 0 amide bonds. The molecule has 133 valence electrons. The molecule has 0 aliphatic heterocycles. The summed E-state index contributed by atoms with van der Waals surface area (Å²) in [6.07, 6.45) is 5.68. The minimum atomic E-state index is -0.562. The maximum atomic E-state index is 13.2. The van der Waals surface area contributed by atoms with Gasteiger partial charge >= 0.3 is 0 Å². The second kappa shape index (κ2) is 7.63. The molecule has 1 aliphatic rings. The van der Waals surface area contributed by atoms with Crippen LogP contribution in [0.5, 0.6) is 0 Å². The Labute approximate surface area is 148 Å². The van der Waals surface area contributed by atoms with Crippen LogP contribution in [0, 0.1) is 18.1 Å². The smallest absolute Gasteiger partial charge is 0.126 e. The fourth-order valence-electron chi connectivity index (χ4n) is 3.27. The molecule has 1 atom stereocenters. The van der Waals surface area contributed by atoms with Gasteiger partial charge < -0.3 is 11.1 Å². The van der Waals surface area contributed by atoms with Crippen LogP contribution in [0.1, 0.15) is 36.5 Å². The molecule has 0 aromatic heterocycles. The molecule has 2 aromatic carbocycles. The molecule has 0 spiro atoms. The Bertz CT molecular complexity index is 705. The van der Waals surface area contributed by atoms with Crippen molar-refractivity contribution in [3.63, 3.8) is 0 Å². The topological polar surface area (TPSA) is 38.0 Å². The molecule has 1 aliphatic carbocycles. The predicted octanol–water partition coefficient (Wildman–Crippen LogP) is 3.88. The molecule has 2 aromatic rings. The van der Waals surface area contributed by atoms with Gasteiger partial charge in [0.05, 0.1) is 0 Å². The highest BCUT2D eigenvalue weighted by Crippen LogP contribution is 2.45. The summed E-state index contributed by atoms with van der Waals surface area (Å²) < 4.78 is 26.5. The van der Waals surface area contributed by atoms with Crippen LogP contribution in [-0.4, -0.2) is 12.6 Å². The van der Waals surface area contributed by atoms with E-state index in [0.717, 1.165) is 25.3 Å². The summed E-state index contributed by atoms with van der Waals surface area (Å²) in [6, 6.07) is 12.0. The number of nitrogens with one attached hydrogen (secondary N) is 1. The second-order valence-corrected chi connectivity index (χ2v) is 6.90. The van der Waals surface area contributed by atoms with Gasteiger partial charge in [-0.25, -0.2) is 8.78 Å². The van der Waals surface area contributed by atoms with Crippen LogP contribution in [0.25, 0.3) is 0 Å². The van der Waals surface area contributed by atoms with Crippen LogP contribution in [0.3, 0.4) is 0 Å². The van der Waals surface area contributed by atoms with E-state index < -0.39 is 11.6 Å². The standard InChI is InChI=1S/C21H25F2N2/c1-2-15-4-3-5-17(10-15)21(7-8-21)25-9-6-20(24)13-16-11-18(22)14-19(23)12-16/h3-6,10-12,14,20,25H,2,7-9,13,24H2,1H3. The Morgan fingerprint density at radius 3 is 2.48 bits per heavy atom. The molecule has 0 bridgehead atoms. The third-order valence-electron chi connectivity index (χ3n) is 4.89. The molecule has 1 radical (unpaired) electrons. The molecule has 1 saturated carbocycles. The van der Waals surface area contributed by atoms with Crippen molar-refractivity contribution in [2.45, 2.75) is 44.2 Å². The van der Waals surface area contributed by atoms with E-state index in [1.54, 1.807) is 0 Å². The summed E-state index contributed by atoms with van der Waals surface area (Å²) in [5.41, 5.74) is 9.42. The molecule has 4 heteroatoms. The van der Waals surface area contributed by atoms with E-state index in [0.29, 0.717) is 18.5 Å². The lowest BCUT2D eigenvalue weighted by atomic mass is 10.00. The first-order valence-corrected chi connectivity index (χ1v) is 8.89. The fraction of sp³-hybridized carbons (Fsp3) is 0.381. The van der Waals surface area contributed by atoms with E-state index in [4.69, 9.17) is 5.73 Å². The zero-order valence-corrected chi connectivity index (χ0v) is 14.6. The Hall–Kier alpha value is -1.78. The van der Waals surface area contributed by atoms with Crippen molar-refractivity contribution in [1.29, 1.82) is 0 Å².